The molecule has 3 aromatic rings. The maximum Gasteiger partial charge on any atom is 0.375 e. The second kappa shape index (κ2) is 8.17. The summed E-state index contributed by atoms with van der Waals surface area (Å²) in [4.78, 5) is 26.8. The molecule has 146 valence electrons. The minimum Gasteiger partial charge on any atom is -0.494 e. The highest BCUT2D eigenvalue weighted by atomic mass is 16.6. The first kappa shape index (κ1) is 19.5. The summed E-state index contributed by atoms with van der Waals surface area (Å²) in [5.41, 5.74) is 1.80. The zero-order valence-electron chi connectivity index (χ0n) is 16.4. The number of carbonyl (C=O) groups excluding carboxylic acids is 2. The maximum atomic E-state index is 12.8. The largest absolute Gasteiger partial charge is 0.494 e. The van der Waals surface area contributed by atoms with Crippen molar-refractivity contribution in [1.82, 2.24) is 4.90 Å². The van der Waals surface area contributed by atoms with Crippen LogP contribution in [0.3, 0.4) is 0 Å². The number of fused-ring (bicyclic) bond motifs is 1. The van der Waals surface area contributed by atoms with Crippen LogP contribution in [-0.4, -0.2) is 37.5 Å². The molecule has 1 heterocycles. The zero-order valence-corrected chi connectivity index (χ0v) is 16.4. The van der Waals surface area contributed by atoms with E-state index in [4.69, 9.17) is 13.9 Å². The molecule has 0 spiro atoms. The monoisotopic (exact) mass is 381 g/mol. The van der Waals surface area contributed by atoms with Gasteiger partial charge in [0.05, 0.1) is 6.61 Å². The van der Waals surface area contributed by atoms with Crippen LogP contribution in [0.4, 0.5) is 0 Å². The van der Waals surface area contributed by atoms with E-state index in [1.54, 1.807) is 57.4 Å². The number of amides is 1. The number of hydrogen-bond acceptors (Lipinski definition) is 5. The molecule has 28 heavy (non-hydrogen) atoms. The molecule has 3 rings (SSSR count). The van der Waals surface area contributed by atoms with Crippen LogP contribution >= 0.6 is 0 Å². The van der Waals surface area contributed by atoms with Gasteiger partial charge in [0.25, 0.3) is 5.91 Å². The molecule has 0 unspecified atom stereocenters. The third-order valence-corrected chi connectivity index (χ3v) is 4.40. The summed E-state index contributed by atoms with van der Waals surface area (Å²) in [5, 5.41) is 0.771. The quantitative estimate of drug-likeness (QED) is 0.601. The van der Waals surface area contributed by atoms with Crippen LogP contribution in [0.25, 0.3) is 11.0 Å². The summed E-state index contributed by atoms with van der Waals surface area (Å²) >= 11 is 0. The summed E-state index contributed by atoms with van der Waals surface area (Å²) in [6, 6.07) is 14.3. The fourth-order valence-corrected chi connectivity index (χ4v) is 2.94. The number of nitrogens with zero attached hydrogens (tertiary/aromatic N) is 1. The molecule has 0 aliphatic heterocycles. The van der Waals surface area contributed by atoms with Gasteiger partial charge in [0, 0.05) is 30.6 Å². The van der Waals surface area contributed by atoms with Crippen LogP contribution in [0.2, 0.25) is 0 Å². The number of hydrogen-bond donors (Lipinski definition) is 0. The second-order valence-electron chi connectivity index (χ2n) is 6.58. The first-order valence-corrected chi connectivity index (χ1v) is 9.05. The molecule has 0 radical (unpaired) electrons. The highest BCUT2D eigenvalue weighted by Crippen LogP contribution is 2.30. The van der Waals surface area contributed by atoms with Gasteiger partial charge in [-0.05, 0) is 32.0 Å². The fourth-order valence-electron chi connectivity index (χ4n) is 2.94. The van der Waals surface area contributed by atoms with Crippen molar-refractivity contribution in [3.8, 4) is 5.75 Å². The van der Waals surface area contributed by atoms with Gasteiger partial charge in [-0.3, -0.25) is 4.79 Å². The molecule has 0 aliphatic rings. The molecule has 0 bridgehead atoms. The van der Waals surface area contributed by atoms with Gasteiger partial charge in [0.1, 0.15) is 11.3 Å². The fraction of sp³-hybridized carbons (Fsp3) is 0.273. The number of carbonyl (C=O) groups is 2. The highest BCUT2D eigenvalue weighted by molar-refractivity contribution is 5.97. The van der Waals surface area contributed by atoms with Crippen molar-refractivity contribution in [2.75, 3.05) is 20.7 Å². The zero-order chi connectivity index (χ0) is 20.3. The number of likely N-dealkylation sites (N-methyl/N-ethyl adjacent to an activating group) is 1. The SMILES string of the molecule is CCOc1ccc2oc(C(=O)O[C@H](C(=O)N(C)C)c3ccccc3)c(C)c2c1. The van der Waals surface area contributed by atoms with Crippen molar-refractivity contribution in [2.45, 2.75) is 20.0 Å². The first-order valence-electron chi connectivity index (χ1n) is 9.05. The number of esters is 1. The van der Waals surface area contributed by atoms with Crippen LogP contribution in [0.1, 0.15) is 34.7 Å². The van der Waals surface area contributed by atoms with Crippen molar-refractivity contribution in [2.24, 2.45) is 0 Å². The highest BCUT2D eigenvalue weighted by Gasteiger charge is 2.29. The molecule has 1 amide bonds. The Hall–Kier alpha value is -3.28. The van der Waals surface area contributed by atoms with Crippen LogP contribution in [-0.2, 0) is 9.53 Å². The van der Waals surface area contributed by atoms with Crippen LogP contribution < -0.4 is 4.74 Å². The lowest BCUT2D eigenvalue weighted by Gasteiger charge is -2.20. The Bertz CT molecular complexity index is 991. The molecule has 0 aliphatic carbocycles. The topological polar surface area (TPSA) is 69.0 Å². The molecular formula is C22H23NO5. The van der Waals surface area contributed by atoms with Crippen molar-refractivity contribution < 1.29 is 23.5 Å². The van der Waals surface area contributed by atoms with E-state index < -0.39 is 12.1 Å². The lowest BCUT2D eigenvalue weighted by molar-refractivity contribution is -0.138. The molecule has 0 saturated carbocycles. The second-order valence-corrected chi connectivity index (χ2v) is 6.58. The van der Waals surface area contributed by atoms with E-state index in [9.17, 15) is 9.59 Å². The van der Waals surface area contributed by atoms with Crippen LogP contribution in [0.15, 0.2) is 52.9 Å². The number of aryl methyl sites for hydroxylation is 1. The van der Waals surface area contributed by atoms with E-state index in [2.05, 4.69) is 0 Å². The van der Waals surface area contributed by atoms with E-state index in [1.807, 2.05) is 19.1 Å². The molecule has 6 heteroatoms. The lowest BCUT2D eigenvalue weighted by Crippen LogP contribution is -2.31. The number of benzene rings is 2. The number of furan rings is 1. The van der Waals surface area contributed by atoms with Gasteiger partial charge in [-0.15, -0.1) is 0 Å². The first-order chi connectivity index (χ1) is 13.4. The Kier molecular flexibility index (Phi) is 5.68. The predicted molar refractivity (Wildman–Crippen MR) is 105 cm³/mol. The van der Waals surface area contributed by atoms with Gasteiger partial charge in [-0.1, -0.05) is 30.3 Å². The predicted octanol–water partition coefficient (Wildman–Crippen LogP) is 4.13. The van der Waals surface area contributed by atoms with Crippen molar-refractivity contribution in [1.29, 1.82) is 0 Å². The third-order valence-electron chi connectivity index (χ3n) is 4.40. The molecule has 0 fully saturated rings. The van der Waals surface area contributed by atoms with Gasteiger partial charge < -0.3 is 18.8 Å². The van der Waals surface area contributed by atoms with Gasteiger partial charge in [0.2, 0.25) is 11.9 Å². The molecule has 1 atom stereocenters. The van der Waals surface area contributed by atoms with E-state index in [-0.39, 0.29) is 11.7 Å². The normalized spacial score (nSPS) is 11.9. The lowest BCUT2D eigenvalue weighted by atomic mass is 10.1. The Morgan fingerprint density at radius 1 is 1.11 bits per heavy atom. The van der Waals surface area contributed by atoms with E-state index in [0.29, 0.717) is 29.1 Å². The van der Waals surface area contributed by atoms with E-state index >= 15 is 0 Å². The molecular weight excluding hydrogens is 358 g/mol. The van der Waals surface area contributed by atoms with Gasteiger partial charge in [-0.2, -0.15) is 0 Å². The maximum absolute atomic E-state index is 12.8. The minimum absolute atomic E-state index is 0.0798. The molecule has 0 N–H and O–H groups in total. The summed E-state index contributed by atoms with van der Waals surface area (Å²) in [6.45, 7) is 4.23. The van der Waals surface area contributed by atoms with E-state index in [0.717, 1.165) is 5.39 Å². The Labute approximate surface area is 163 Å². The third kappa shape index (κ3) is 3.86. The average molecular weight is 381 g/mol. The van der Waals surface area contributed by atoms with E-state index in [1.165, 1.54) is 4.90 Å². The molecule has 6 nitrogen and oxygen atoms in total. The molecule has 0 saturated heterocycles. The average Bonchev–Trinajstić information content (AvgIpc) is 3.02. The number of ether oxygens (including phenoxy) is 2. The van der Waals surface area contributed by atoms with Gasteiger partial charge in [0.15, 0.2) is 0 Å². The summed E-state index contributed by atoms with van der Waals surface area (Å²) in [6.07, 6.45) is -1.05. The smallest absolute Gasteiger partial charge is 0.375 e. The minimum atomic E-state index is -1.05. The van der Waals surface area contributed by atoms with Crippen LogP contribution in [0.5, 0.6) is 5.75 Å². The van der Waals surface area contributed by atoms with Crippen molar-refractivity contribution >= 4 is 22.8 Å². The Morgan fingerprint density at radius 2 is 1.82 bits per heavy atom. The Balaban J connectivity index is 1.93. The number of rotatable bonds is 6. The standard InChI is InChI=1S/C22H23NO5/c1-5-26-16-11-12-18-17(13-16)14(2)19(27-18)22(25)28-20(21(24)23(3)4)15-9-7-6-8-10-15/h6-13,20H,5H2,1-4H3/t20-/m0/s1. The summed E-state index contributed by atoms with van der Waals surface area (Å²) in [7, 11) is 3.24. The summed E-state index contributed by atoms with van der Waals surface area (Å²) < 4.78 is 16.8. The van der Waals surface area contributed by atoms with Crippen molar-refractivity contribution in [3.63, 3.8) is 0 Å². The van der Waals surface area contributed by atoms with Crippen molar-refractivity contribution in [3.05, 3.63) is 65.4 Å². The molecule has 2 aromatic carbocycles. The molecule has 1 aromatic heterocycles. The summed E-state index contributed by atoms with van der Waals surface area (Å²) in [5.74, 6) is -0.234. The van der Waals surface area contributed by atoms with Gasteiger partial charge in [-0.25, -0.2) is 4.79 Å². The Morgan fingerprint density at radius 3 is 2.46 bits per heavy atom. The van der Waals surface area contributed by atoms with Gasteiger partial charge >= 0.3 is 5.97 Å². The van der Waals surface area contributed by atoms with Crippen LogP contribution in [0, 0.1) is 6.92 Å².